The van der Waals surface area contributed by atoms with E-state index >= 15 is 0 Å². The molecule has 1 N–H and O–H groups in total. The molecule has 1 fully saturated rings. The van der Waals surface area contributed by atoms with E-state index in [0.717, 1.165) is 48.6 Å². The highest BCUT2D eigenvalue weighted by Gasteiger charge is 2.26. The Morgan fingerprint density at radius 1 is 1.31 bits per heavy atom. The average molecular weight is 457 g/mol. The Hall–Kier alpha value is -2.77. The molecule has 3 heterocycles. The summed E-state index contributed by atoms with van der Waals surface area (Å²) in [4.78, 5) is 21.4. The number of ether oxygens (including phenoxy) is 1. The molecule has 2 aromatic heterocycles. The van der Waals surface area contributed by atoms with E-state index in [4.69, 9.17) is 21.3 Å². The standard InChI is InChI=1S/C24H29ClN4O3/c1-4-5-24(31)28-8-9-29(16(2)13-28)18-6-7-27-14-21(26-23(27)11-18)19-12-20(25)22(32-3)10-17(19)15-30/h6-7,10-12,14,16,30H,4-5,8-9,13,15H2,1-3H3. The van der Waals surface area contributed by atoms with Crippen LogP contribution in [-0.2, 0) is 11.4 Å². The van der Waals surface area contributed by atoms with Crippen molar-refractivity contribution >= 4 is 28.8 Å². The van der Waals surface area contributed by atoms with Crippen molar-refractivity contribution in [3.63, 3.8) is 0 Å². The van der Waals surface area contributed by atoms with E-state index in [2.05, 4.69) is 24.0 Å². The Labute approximate surface area is 193 Å². The van der Waals surface area contributed by atoms with Gasteiger partial charge in [-0.2, -0.15) is 0 Å². The summed E-state index contributed by atoms with van der Waals surface area (Å²) in [6.07, 6.45) is 5.41. The minimum atomic E-state index is -0.138. The van der Waals surface area contributed by atoms with Gasteiger partial charge >= 0.3 is 0 Å². The average Bonchev–Trinajstić information content (AvgIpc) is 3.22. The van der Waals surface area contributed by atoms with Crippen molar-refractivity contribution in [2.45, 2.75) is 39.3 Å². The molecule has 3 aromatic rings. The van der Waals surface area contributed by atoms with Crippen LogP contribution in [0, 0.1) is 0 Å². The molecule has 1 saturated heterocycles. The van der Waals surface area contributed by atoms with Crippen LogP contribution in [0.4, 0.5) is 5.69 Å². The SMILES string of the molecule is CCCC(=O)N1CCN(c2ccn3cc(-c4cc(Cl)c(OC)cc4CO)nc3c2)C(C)C1. The quantitative estimate of drug-likeness (QED) is 0.607. The summed E-state index contributed by atoms with van der Waals surface area (Å²) in [7, 11) is 1.55. The molecule has 1 aliphatic rings. The Bertz CT molecular complexity index is 1130. The van der Waals surface area contributed by atoms with Gasteiger partial charge in [0.2, 0.25) is 5.91 Å². The van der Waals surface area contributed by atoms with Gasteiger partial charge in [0, 0.05) is 61.8 Å². The molecule has 0 aliphatic carbocycles. The maximum Gasteiger partial charge on any atom is 0.222 e. The lowest BCUT2D eigenvalue weighted by molar-refractivity contribution is -0.132. The number of anilines is 1. The van der Waals surface area contributed by atoms with Gasteiger partial charge < -0.3 is 24.0 Å². The number of carbonyl (C=O) groups excluding carboxylic acids is 1. The number of carbonyl (C=O) groups is 1. The molecule has 1 aliphatic heterocycles. The predicted molar refractivity (Wildman–Crippen MR) is 126 cm³/mol. The van der Waals surface area contributed by atoms with Crippen LogP contribution in [0.1, 0.15) is 32.3 Å². The minimum Gasteiger partial charge on any atom is -0.495 e. The molecule has 7 nitrogen and oxygen atoms in total. The van der Waals surface area contributed by atoms with Crippen molar-refractivity contribution in [3.8, 4) is 17.0 Å². The molecule has 1 amide bonds. The second-order valence-corrected chi connectivity index (χ2v) is 8.62. The summed E-state index contributed by atoms with van der Waals surface area (Å²) in [5.74, 6) is 0.765. The smallest absolute Gasteiger partial charge is 0.222 e. The summed E-state index contributed by atoms with van der Waals surface area (Å²) in [5, 5.41) is 10.3. The third-order valence-corrected chi connectivity index (χ3v) is 6.34. The van der Waals surface area contributed by atoms with Gasteiger partial charge in [-0.15, -0.1) is 0 Å². The molecule has 1 atom stereocenters. The number of aliphatic hydroxyl groups is 1. The number of aromatic nitrogens is 2. The van der Waals surface area contributed by atoms with Crippen molar-refractivity contribution in [2.75, 3.05) is 31.6 Å². The van der Waals surface area contributed by atoms with Crippen molar-refractivity contribution in [1.82, 2.24) is 14.3 Å². The molecule has 8 heteroatoms. The van der Waals surface area contributed by atoms with Gasteiger partial charge in [-0.25, -0.2) is 4.98 Å². The fourth-order valence-corrected chi connectivity index (χ4v) is 4.58. The number of rotatable bonds is 6. The van der Waals surface area contributed by atoms with Crippen LogP contribution in [-0.4, -0.2) is 58.1 Å². The summed E-state index contributed by atoms with van der Waals surface area (Å²) in [5.41, 5.74) is 4.11. The Kier molecular flexibility index (Phi) is 6.58. The number of hydrogen-bond donors (Lipinski definition) is 1. The normalized spacial score (nSPS) is 16.6. The minimum absolute atomic E-state index is 0.138. The van der Waals surface area contributed by atoms with Gasteiger partial charge in [-0.05, 0) is 37.1 Å². The molecule has 0 saturated carbocycles. The van der Waals surface area contributed by atoms with Crippen LogP contribution in [0.5, 0.6) is 5.75 Å². The molecule has 1 unspecified atom stereocenters. The number of piperazine rings is 1. The third-order valence-electron chi connectivity index (χ3n) is 6.04. The number of aliphatic hydroxyl groups excluding tert-OH is 1. The van der Waals surface area contributed by atoms with Crippen LogP contribution in [0.2, 0.25) is 5.02 Å². The first-order valence-corrected chi connectivity index (χ1v) is 11.3. The molecular weight excluding hydrogens is 428 g/mol. The van der Waals surface area contributed by atoms with E-state index in [1.54, 1.807) is 19.2 Å². The van der Waals surface area contributed by atoms with Gasteiger partial charge in [-0.3, -0.25) is 4.79 Å². The van der Waals surface area contributed by atoms with Gasteiger partial charge in [0.05, 0.1) is 24.4 Å². The van der Waals surface area contributed by atoms with Crippen LogP contribution in [0.15, 0.2) is 36.7 Å². The maximum absolute atomic E-state index is 12.3. The second-order valence-electron chi connectivity index (χ2n) is 8.21. The summed E-state index contributed by atoms with van der Waals surface area (Å²) >= 11 is 6.33. The Morgan fingerprint density at radius 2 is 2.12 bits per heavy atom. The first-order valence-electron chi connectivity index (χ1n) is 11.0. The number of amides is 1. The highest BCUT2D eigenvalue weighted by Crippen LogP contribution is 2.34. The summed E-state index contributed by atoms with van der Waals surface area (Å²) in [6.45, 7) is 6.31. The van der Waals surface area contributed by atoms with Crippen LogP contribution in [0.25, 0.3) is 16.9 Å². The Morgan fingerprint density at radius 3 is 2.81 bits per heavy atom. The molecule has 1 aromatic carbocycles. The number of fused-ring (bicyclic) bond motifs is 1. The third kappa shape index (κ3) is 4.27. The van der Waals surface area contributed by atoms with Crippen molar-refractivity contribution in [2.24, 2.45) is 0 Å². The first-order chi connectivity index (χ1) is 15.4. The Balaban J connectivity index is 1.61. The lowest BCUT2D eigenvalue weighted by Gasteiger charge is -2.41. The molecule has 4 rings (SSSR count). The first kappa shape index (κ1) is 22.4. The molecule has 0 bridgehead atoms. The van der Waals surface area contributed by atoms with Gasteiger partial charge in [0.15, 0.2) is 0 Å². The largest absolute Gasteiger partial charge is 0.495 e. The zero-order chi connectivity index (χ0) is 22.8. The molecule has 32 heavy (non-hydrogen) atoms. The fraction of sp³-hybridized carbons (Fsp3) is 0.417. The number of hydrogen-bond acceptors (Lipinski definition) is 5. The number of imidazole rings is 1. The molecule has 0 radical (unpaired) electrons. The van der Waals surface area contributed by atoms with Gasteiger partial charge in [-0.1, -0.05) is 18.5 Å². The van der Waals surface area contributed by atoms with Crippen molar-refractivity contribution in [1.29, 1.82) is 0 Å². The van der Waals surface area contributed by atoms with Gasteiger partial charge in [0.1, 0.15) is 11.4 Å². The zero-order valence-electron chi connectivity index (χ0n) is 18.7. The van der Waals surface area contributed by atoms with E-state index in [0.29, 0.717) is 22.8 Å². The molecule has 0 spiro atoms. The number of pyridine rings is 1. The van der Waals surface area contributed by atoms with E-state index in [1.165, 1.54) is 0 Å². The topological polar surface area (TPSA) is 70.3 Å². The number of methoxy groups -OCH3 is 1. The van der Waals surface area contributed by atoms with E-state index in [9.17, 15) is 9.90 Å². The second kappa shape index (κ2) is 9.38. The van der Waals surface area contributed by atoms with Crippen LogP contribution >= 0.6 is 11.6 Å². The molecule has 170 valence electrons. The molecular formula is C24H29ClN4O3. The monoisotopic (exact) mass is 456 g/mol. The lowest BCUT2D eigenvalue weighted by Crippen LogP contribution is -2.53. The lowest BCUT2D eigenvalue weighted by atomic mass is 10.1. The van der Waals surface area contributed by atoms with E-state index in [1.807, 2.05) is 28.6 Å². The number of benzene rings is 1. The predicted octanol–water partition coefficient (Wildman–Crippen LogP) is 3.99. The van der Waals surface area contributed by atoms with E-state index in [-0.39, 0.29) is 18.6 Å². The van der Waals surface area contributed by atoms with Crippen molar-refractivity contribution in [3.05, 3.63) is 47.2 Å². The highest BCUT2D eigenvalue weighted by molar-refractivity contribution is 6.32. The number of nitrogens with zero attached hydrogens (tertiary/aromatic N) is 4. The highest BCUT2D eigenvalue weighted by atomic mass is 35.5. The van der Waals surface area contributed by atoms with Crippen molar-refractivity contribution < 1.29 is 14.6 Å². The van der Waals surface area contributed by atoms with Crippen LogP contribution < -0.4 is 9.64 Å². The van der Waals surface area contributed by atoms with E-state index < -0.39 is 0 Å². The summed E-state index contributed by atoms with van der Waals surface area (Å²) in [6, 6.07) is 7.89. The maximum atomic E-state index is 12.3. The zero-order valence-corrected chi connectivity index (χ0v) is 19.5. The fourth-order valence-electron chi connectivity index (χ4n) is 4.34. The van der Waals surface area contributed by atoms with Gasteiger partial charge in [0.25, 0.3) is 0 Å². The number of halogens is 1. The van der Waals surface area contributed by atoms with Crippen LogP contribution in [0.3, 0.4) is 0 Å². The summed E-state index contributed by atoms with van der Waals surface area (Å²) < 4.78 is 7.23.